The third-order valence-electron chi connectivity index (χ3n) is 4.30. The van der Waals surface area contributed by atoms with Gasteiger partial charge in [-0.15, -0.1) is 0 Å². The number of fused-ring (bicyclic) bond motifs is 1. The van der Waals surface area contributed by atoms with E-state index in [1.165, 1.54) is 18.7 Å². The summed E-state index contributed by atoms with van der Waals surface area (Å²) in [6, 6.07) is 2.48. The number of nitrogens with one attached hydrogen (secondary N) is 1. The molecule has 1 amide bonds. The van der Waals surface area contributed by atoms with Gasteiger partial charge >= 0.3 is 0 Å². The maximum absolute atomic E-state index is 11.7. The van der Waals surface area contributed by atoms with Crippen molar-refractivity contribution >= 4 is 17.2 Å². The van der Waals surface area contributed by atoms with Gasteiger partial charge in [-0.1, -0.05) is 0 Å². The Morgan fingerprint density at radius 1 is 1.47 bits per heavy atom. The molecule has 0 bridgehead atoms. The van der Waals surface area contributed by atoms with Crippen molar-refractivity contribution in [2.75, 3.05) is 13.1 Å². The zero-order chi connectivity index (χ0) is 13.4. The van der Waals surface area contributed by atoms with Crippen LogP contribution in [0.15, 0.2) is 16.8 Å². The fourth-order valence-electron chi connectivity index (χ4n) is 3.40. The molecule has 3 nitrogen and oxygen atoms in total. The molecule has 3 atom stereocenters. The topological polar surface area (TPSA) is 32.3 Å². The number of likely N-dealkylation sites (tertiary alicyclic amines) is 1. The molecule has 1 aromatic heterocycles. The van der Waals surface area contributed by atoms with Crippen molar-refractivity contribution in [1.82, 2.24) is 10.2 Å². The Labute approximate surface area is 119 Å². The van der Waals surface area contributed by atoms with Crippen LogP contribution >= 0.6 is 11.3 Å². The number of rotatable bonds is 5. The van der Waals surface area contributed by atoms with Gasteiger partial charge in [-0.05, 0) is 54.0 Å². The fraction of sp³-hybridized carbons (Fsp3) is 0.667. The Kier molecular flexibility index (Phi) is 3.63. The first-order chi connectivity index (χ1) is 9.13. The van der Waals surface area contributed by atoms with Crippen LogP contribution in [0.5, 0.6) is 0 Å². The quantitative estimate of drug-likeness (QED) is 0.896. The third-order valence-corrected chi connectivity index (χ3v) is 5.04. The van der Waals surface area contributed by atoms with Gasteiger partial charge in [0.2, 0.25) is 5.91 Å². The van der Waals surface area contributed by atoms with Crippen molar-refractivity contribution in [1.29, 1.82) is 0 Å². The van der Waals surface area contributed by atoms with Crippen LogP contribution in [0.1, 0.15) is 25.8 Å². The van der Waals surface area contributed by atoms with Gasteiger partial charge in [0.15, 0.2) is 0 Å². The average Bonchev–Trinajstić information content (AvgIpc) is 2.76. The zero-order valence-electron chi connectivity index (χ0n) is 11.6. The summed E-state index contributed by atoms with van der Waals surface area (Å²) in [4.78, 5) is 14.3. The highest BCUT2D eigenvalue weighted by atomic mass is 32.1. The van der Waals surface area contributed by atoms with Gasteiger partial charge in [-0.25, -0.2) is 0 Å². The van der Waals surface area contributed by atoms with Crippen LogP contribution in [0.25, 0.3) is 0 Å². The molecule has 0 radical (unpaired) electrons. The van der Waals surface area contributed by atoms with E-state index in [9.17, 15) is 4.79 Å². The summed E-state index contributed by atoms with van der Waals surface area (Å²) in [6.07, 6.45) is 0.736. The van der Waals surface area contributed by atoms with Gasteiger partial charge < -0.3 is 5.32 Å². The summed E-state index contributed by atoms with van der Waals surface area (Å²) in [5.41, 5.74) is 1.43. The molecule has 2 heterocycles. The molecule has 0 aromatic carbocycles. The lowest BCUT2D eigenvalue weighted by Crippen LogP contribution is -2.31. The van der Waals surface area contributed by atoms with Crippen LogP contribution < -0.4 is 5.32 Å². The predicted octanol–water partition coefficient (Wildman–Crippen LogP) is 2.34. The van der Waals surface area contributed by atoms with Crippen LogP contribution in [0.3, 0.4) is 0 Å². The first-order valence-corrected chi connectivity index (χ1v) is 8.10. The standard InChI is InChI=1S/C15H22N2OS/c1-10(2)16-15(18)5-12-13-7-17(8-14(12)13)6-11-3-4-19-9-11/h3-4,9-10,12-14H,5-8H2,1-2H3,(H,16,18)/t12?,13-,14+. The van der Waals surface area contributed by atoms with Gasteiger partial charge in [0.1, 0.15) is 0 Å². The van der Waals surface area contributed by atoms with Gasteiger partial charge in [0.05, 0.1) is 0 Å². The lowest BCUT2D eigenvalue weighted by molar-refractivity contribution is -0.122. The summed E-state index contributed by atoms with van der Waals surface area (Å²) >= 11 is 1.77. The highest BCUT2D eigenvalue weighted by Gasteiger charge is 2.55. The SMILES string of the molecule is CC(C)NC(=O)CC1[C@H]2CN(Cc3ccsc3)C[C@@H]12. The Balaban J connectivity index is 1.42. The van der Waals surface area contributed by atoms with E-state index in [0.29, 0.717) is 5.92 Å². The number of nitrogens with zero attached hydrogens (tertiary/aromatic N) is 1. The Morgan fingerprint density at radius 3 is 2.79 bits per heavy atom. The summed E-state index contributed by atoms with van der Waals surface area (Å²) in [7, 11) is 0. The van der Waals surface area contributed by atoms with E-state index in [2.05, 4.69) is 27.0 Å². The number of thiophene rings is 1. The zero-order valence-corrected chi connectivity index (χ0v) is 12.5. The first kappa shape index (κ1) is 13.1. The van der Waals surface area contributed by atoms with Crippen molar-refractivity contribution in [3.63, 3.8) is 0 Å². The van der Waals surface area contributed by atoms with Crippen molar-refractivity contribution in [3.05, 3.63) is 22.4 Å². The molecule has 1 aliphatic carbocycles. The van der Waals surface area contributed by atoms with E-state index in [0.717, 1.165) is 24.8 Å². The van der Waals surface area contributed by atoms with Crippen molar-refractivity contribution in [3.8, 4) is 0 Å². The second-order valence-corrected chi connectivity index (χ2v) is 7.02. The molecule has 1 N–H and O–H groups in total. The molecule has 3 rings (SSSR count). The number of carbonyl (C=O) groups excluding carboxylic acids is 1. The maximum Gasteiger partial charge on any atom is 0.220 e. The van der Waals surface area contributed by atoms with E-state index >= 15 is 0 Å². The third kappa shape index (κ3) is 3.00. The molecule has 1 saturated heterocycles. The largest absolute Gasteiger partial charge is 0.354 e. The minimum absolute atomic E-state index is 0.235. The van der Waals surface area contributed by atoms with E-state index in [4.69, 9.17) is 0 Å². The minimum atomic E-state index is 0.235. The molecule has 1 saturated carbocycles. The maximum atomic E-state index is 11.7. The predicted molar refractivity (Wildman–Crippen MR) is 78.0 cm³/mol. The second-order valence-electron chi connectivity index (χ2n) is 6.24. The molecule has 4 heteroatoms. The average molecular weight is 278 g/mol. The van der Waals surface area contributed by atoms with Crippen molar-refractivity contribution in [2.45, 2.75) is 32.9 Å². The normalized spacial score (nSPS) is 29.5. The fourth-order valence-corrected chi connectivity index (χ4v) is 4.06. The van der Waals surface area contributed by atoms with Crippen LogP contribution in [-0.2, 0) is 11.3 Å². The number of hydrogen-bond donors (Lipinski definition) is 1. The summed E-state index contributed by atoms with van der Waals surface area (Å²) in [5, 5.41) is 7.38. The molecular weight excluding hydrogens is 256 g/mol. The first-order valence-electron chi connectivity index (χ1n) is 7.16. The molecule has 0 spiro atoms. The molecule has 1 aliphatic heterocycles. The van der Waals surface area contributed by atoms with Crippen LogP contribution in [0.4, 0.5) is 0 Å². The summed E-state index contributed by atoms with van der Waals surface area (Å²) < 4.78 is 0. The molecule has 19 heavy (non-hydrogen) atoms. The molecular formula is C15H22N2OS. The van der Waals surface area contributed by atoms with E-state index < -0.39 is 0 Å². The van der Waals surface area contributed by atoms with Gasteiger partial charge in [0.25, 0.3) is 0 Å². The van der Waals surface area contributed by atoms with E-state index in [1.54, 1.807) is 11.3 Å². The lowest BCUT2D eigenvalue weighted by atomic mass is 10.1. The number of hydrogen-bond acceptors (Lipinski definition) is 3. The van der Waals surface area contributed by atoms with Crippen LogP contribution in [-0.4, -0.2) is 29.9 Å². The molecule has 1 aromatic rings. The highest BCUT2D eigenvalue weighted by Crippen LogP contribution is 2.53. The Bertz CT molecular complexity index is 431. The number of amides is 1. The van der Waals surface area contributed by atoms with Crippen LogP contribution in [0, 0.1) is 17.8 Å². The van der Waals surface area contributed by atoms with Gasteiger partial charge in [-0.2, -0.15) is 11.3 Å². The van der Waals surface area contributed by atoms with E-state index in [1.807, 2.05) is 13.8 Å². The monoisotopic (exact) mass is 278 g/mol. The minimum Gasteiger partial charge on any atom is -0.354 e. The molecule has 2 fully saturated rings. The Morgan fingerprint density at radius 2 is 2.21 bits per heavy atom. The molecule has 2 aliphatic rings. The number of carbonyl (C=O) groups is 1. The molecule has 1 unspecified atom stereocenters. The smallest absolute Gasteiger partial charge is 0.220 e. The highest BCUT2D eigenvalue weighted by molar-refractivity contribution is 7.07. The summed E-state index contributed by atoms with van der Waals surface area (Å²) in [6.45, 7) is 7.49. The summed E-state index contributed by atoms with van der Waals surface area (Å²) in [5.74, 6) is 2.43. The second kappa shape index (κ2) is 5.25. The van der Waals surface area contributed by atoms with E-state index in [-0.39, 0.29) is 11.9 Å². The molecule has 104 valence electrons. The van der Waals surface area contributed by atoms with Gasteiger partial charge in [0, 0.05) is 32.1 Å². The van der Waals surface area contributed by atoms with Crippen LogP contribution in [0.2, 0.25) is 0 Å². The Hall–Kier alpha value is -0.870. The number of piperidine rings is 1. The van der Waals surface area contributed by atoms with Crippen molar-refractivity contribution < 1.29 is 4.79 Å². The van der Waals surface area contributed by atoms with Gasteiger partial charge in [-0.3, -0.25) is 9.69 Å². The lowest BCUT2D eigenvalue weighted by Gasteiger charge is -2.18. The van der Waals surface area contributed by atoms with Crippen molar-refractivity contribution in [2.24, 2.45) is 17.8 Å².